The van der Waals surface area contributed by atoms with Crippen LogP contribution in [-0.4, -0.2) is 50.5 Å². The number of nitrogens with one attached hydrogen (secondary N) is 2. The highest BCUT2D eigenvalue weighted by molar-refractivity contribution is 7.87. The van der Waals surface area contributed by atoms with Gasteiger partial charge < -0.3 is 10.1 Å². The maximum Gasteiger partial charge on any atom is 0.357 e. The van der Waals surface area contributed by atoms with E-state index in [-0.39, 0.29) is 23.8 Å². The van der Waals surface area contributed by atoms with E-state index in [9.17, 15) is 18.0 Å². The van der Waals surface area contributed by atoms with Crippen molar-refractivity contribution in [3.8, 4) is 5.75 Å². The van der Waals surface area contributed by atoms with Crippen LogP contribution in [0.4, 0.5) is 10.5 Å². The summed E-state index contributed by atoms with van der Waals surface area (Å²) in [7, 11) is -1.63. The Morgan fingerprint density at radius 3 is 2.52 bits per heavy atom. The zero-order valence-electron chi connectivity index (χ0n) is 16.0. The quantitative estimate of drug-likeness (QED) is 0.544. The van der Waals surface area contributed by atoms with Crippen LogP contribution >= 0.6 is 0 Å². The molecule has 1 aromatic carbocycles. The summed E-state index contributed by atoms with van der Waals surface area (Å²) in [4.78, 5) is 25.9. The number of hydrogen-bond donors (Lipinski definition) is 3. The first-order chi connectivity index (χ1) is 12.6. The second kappa shape index (κ2) is 10.1. The molecule has 0 saturated heterocycles. The fourth-order valence-electron chi connectivity index (χ4n) is 2.57. The summed E-state index contributed by atoms with van der Waals surface area (Å²) in [6, 6.07) is 4.25. The molecule has 0 spiro atoms. The average molecular weight is 401 g/mol. The van der Waals surface area contributed by atoms with Crippen molar-refractivity contribution in [2.24, 2.45) is 5.92 Å². The number of ether oxygens (including phenoxy) is 1. The van der Waals surface area contributed by atoms with E-state index >= 15 is 0 Å². The third-order valence-electron chi connectivity index (χ3n) is 3.93. The van der Waals surface area contributed by atoms with E-state index in [1.165, 1.54) is 31.2 Å². The van der Waals surface area contributed by atoms with Crippen molar-refractivity contribution in [3.05, 3.63) is 23.8 Å². The van der Waals surface area contributed by atoms with E-state index in [2.05, 4.69) is 5.32 Å². The fourth-order valence-corrected chi connectivity index (χ4v) is 3.01. The normalized spacial score (nSPS) is 12.2. The van der Waals surface area contributed by atoms with Crippen molar-refractivity contribution in [2.45, 2.75) is 33.1 Å². The summed E-state index contributed by atoms with van der Waals surface area (Å²) in [5, 5.41) is 2.47. The van der Waals surface area contributed by atoms with E-state index < -0.39 is 22.3 Å². The standard InChI is InChI=1S/C17H27N3O6S/c1-5-6-9-20(17(22)18-3)16(21)12(2)10-13-7-8-15(26-4)14(11-13)19-27(23,24)25/h7-8,11-12,19H,5-6,9-10H2,1-4H3,(H,18,22)(H,23,24,25). The van der Waals surface area contributed by atoms with Crippen molar-refractivity contribution in [1.29, 1.82) is 0 Å². The van der Waals surface area contributed by atoms with E-state index in [1.807, 2.05) is 11.6 Å². The number of carbonyl (C=O) groups is 2. The Morgan fingerprint density at radius 1 is 1.33 bits per heavy atom. The number of anilines is 1. The number of nitrogens with zero attached hydrogens (tertiary/aromatic N) is 1. The van der Waals surface area contributed by atoms with E-state index in [0.29, 0.717) is 18.5 Å². The number of imide groups is 1. The number of benzene rings is 1. The van der Waals surface area contributed by atoms with Gasteiger partial charge in [0.15, 0.2) is 0 Å². The van der Waals surface area contributed by atoms with Crippen molar-refractivity contribution in [1.82, 2.24) is 10.2 Å². The highest BCUT2D eigenvalue weighted by atomic mass is 32.2. The van der Waals surface area contributed by atoms with Crippen LogP contribution in [0, 0.1) is 5.92 Å². The second-order valence-corrected chi connectivity index (χ2v) is 7.27. The molecule has 0 heterocycles. The lowest BCUT2D eigenvalue weighted by Gasteiger charge is -2.24. The predicted octanol–water partition coefficient (Wildman–Crippen LogP) is 2.06. The van der Waals surface area contributed by atoms with Crippen LogP contribution in [0.5, 0.6) is 5.75 Å². The Labute approximate surface area is 160 Å². The number of urea groups is 1. The molecular formula is C17H27N3O6S. The number of amides is 3. The van der Waals surface area contributed by atoms with Gasteiger partial charge in [-0.15, -0.1) is 0 Å². The summed E-state index contributed by atoms with van der Waals surface area (Å²) in [5.74, 6) is -0.598. The van der Waals surface area contributed by atoms with Gasteiger partial charge in [0, 0.05) is 19.5 Å². The Balaban J connectivity index is 2.99. The third-order valence-corrected chi connectivity index (χ3v) is 4.40. The largest absolute Gasteiger partial charge is 0.495 e. The third kappa shape index (κ3) is 7.06. The first-order valence-electron chi connectivity index (χ1n) is 8.58. The molecular weight excluding hydrogens is 374 g/mol. The smallest absolute Gasteiger partial charge is 0.357 e. The molecule has 1 unspecified atom stereocenters. The Kier molecular flexibility index (Phi) is 8.51. The first kappa shape index (κ1) is 22.7. The van der Waals surface area contributed by atoms with Crippen LogP contribution in [0.2, 0.25) is 0 Å². The molecule has 9 nitrogen and oxygen atoms in total. The maximum absolute atomic E-state index is 12.7. The van der Waals surface area contributed by atoms with E-state index in [1.54, 1.807) is 13.0 Å². The highest BCUT2D eigenvalue weighted by Gasteiger charge is 2.25. The second-order valence-electron chi connectivity index (χ2n) is 6.12. The van der Waals surface area contributed by atoms with Gasteiger partial charge in [-0.1, -0.05) is 26.3 Å². The molecule has 3 N–H and O–H groups in total. The van der Waals surface area contributed by atoms with Gasteiger partial charge in [0.25, 0.3) is 0 Å². The summed E-state index contributed by atoms with van der Waals surface area (Å²) >= 11 is 0. The average Bonchev–Trinajstić information content (AvgIpc) is 2.60. The molecule has 0 bridgehead atoms. The molecule has 0 aliphatic heterocycles. The van der Waals surface area contributed by atoms with Crippen molar-refractivity contribution >= 4 is 27.9 Å². The van der Waals surface area contributed by atoms with Crippen LogP contribution in [0.1, 0.15) is 32.3 Å². The van der Waals surface area contributed by atoms with Crippen LogP contribution < -0.4 is 14.8 Å². The number of hydrogen-bond acceptors (Lipinski definition) is 5. The van der Waals surface area contributed by atoms with Crippen molar-refractivity contribution in [2.75, 3.05) is 25.4 Å². The van der Waals surface area contributed by atoms with Crippen LogP contribution in [-0.2, 0) is 21.5 Å². The first-order valence-corrected chi connectivity index (χ1v) is 10.0. The molecule has 10 heteroatoms. The maximum atomic E-state index is 12.7. The van der Waals surface area contributed by atoms with Crippen molar-refractivity contribution < 1.29 is 27.3 Å². The lowest BCUT2D eigenvalue weighted by Crippen LogP contribution is -2.45. The Bertz CT molecular complexity index is 766. The fraction of sp³-hybridized carbons (Fsp3) is 0.529. The number of methoxy groups -OCH3 is 1. The molecule has 0 aliphatic carbocycles. The zero-order valence-corrected chi connectivity index (χ0v) is 16.8. The lowest BCUT2D eigenvalue weighted by molar-refractivity contribution is -0.132. The number of carbonyl (C=O) groups excluding carboxylic acids is 2. The molecule has 27 heavy (non-hydrogen) atoms. The molecule has 0 saturated carbocycles. The summed E-state index contributed by atoms with van der Waals surface area (Å²) in [6.07, 6.45) is 1.83. The predicted molar refractivity (Wildman–Crippen MR) is 102 cm³/mol. The highest BCUT2D eigenvalue weighted by Crippen LogP contribution is 2.27. The van der Waals surface area contributed by atoms with Gasteiger partial charge >= 0.3 is 16.3 Å². The van der Waals surface area contributed by atoms with Gasteiger partial charge in [-0.05, 0) is 30.5 Å². The van der Waals surface area contributed by atoms with Gasteiger partial charge in [0.05, 0.1) is 12.8 Å². The number of unbranched alkanes of at least 4 members (excludes halogenated alkanes) is 1. The van der Waals surface area contributed by atoms with Gasteiger partial charge in [0.2, 0.25) is 5.91 Å². The molecule has 0 aromatic heterocycles. The molecule has 0 fully saturated rings. The van der Waals surface area contributed by atoms with Gasteiger partial charge in [-0.25, -0.2) is 4.79 Å². The molecule has 1 rings (SSSR count). The van der Waals surface area contributed by atoms with E-state index in [4.69, 9.17) is 9.29 Å². The topological polar surface area (TPSA) is 125 Å². The molecule has 0 aliphatic rings. The van der Waals surface area contributed by atoms with Crippen molar-refractivity contribution in [3.63, 3.8) is 0 Å². The summed E-state index contributed by atoms with van der Waals surface area (Å²) in [6.45, 7) is 4.00. The van der Waals surface area contributed by atoms with Crippen LogP contribution in [0.15, 0.2) is 18.2 Å². The summed E-state index contributed by atoms with van der Waals surface area (Å²) in [5.41, 5.74) is 0.710. The van der Waals surface area contributed by atoms with Gasteiger partial charge in [0.1, 0.15) is 5.75 Å². The monoisotopic (exact) mass is 401 g/mol. The summed E-state index contributed by atoms with van der Waals surface area (Å²) < 4.78 is 38.2. The van der Waals surface area contributed by atoms with Gasteiger partial charge in [-0.3, -0.25) is 19.0 Å². The molecule has 0 radical (unpaired) electrons. The lowest BCUT2D eigenvalue weighted by atomic mass is 9.99. The molecule has 1 aromatic rings. The van der Waals surface area contributed by atoms with Crippen LogP contribution in [0.3, 0.4) is 0 Å². The Hall–Kier alpha value is -2.33. The zero-order chi connectivity index (χ0) is 20.6. The Morgan fingerprint density at radius 2 is 2.00 bits per heavy atom. The van der Waals surface area contributed by atoms with Crippen LogP contribution in [0.25, 0.3) is 0 Å². The molecule has 1 atom stereocenters. The minimum atomic E-state index is -4.47. The van der Waals surface area contributed by atoms with Gasteiger partial charge in [-0.2, -0.15) is 8.42 Å². The van der Waals surface area contributed by atoms with E-state index in [0.717, 1.165) is 6.42 Å². The molecule has 3 amide bonds. The SMILES string of the molecule is CCCCN(C(=O)NC)C(=O)C(C)Cc1ccc(OC)c(NS(=O)(=O)O)c1. The molecule has 152 valence electrons. The number of rotatable bonds is 9. The minimum absolute atomic E-state index is 0.0614. The minimum Gasteiger partial charge on any atom is -0.495 e.